The summed E-state index contributed by atoms with van der Waals surface area (Å²) in [7, 11) is 0. The van der Waals surface area contributed by atoms with Crippen LogP contribution in [0.2, 0.25) is 10.3 Å². The molecule has 3 nitrogen and oxygen atoms in total. The Hall–Kier alpha value is -0.840. The number of rotatable bonds is 4. The van der Waals surface area contributed by atoms with Gasteiger partial charge in [0.1, 0.15) is 5.15 Å². The summed E-state index contributed by atoms with van der Waals surface area (Å²) in [6.45, 7) is 4.74. The highest BCUT2D eigenvalue weighted by Gasteiger charge is 2.08. The van der Waals surface area contributed by atoms with E-state index in [4.69, 9.17) is 23.2 Å². The van der Waals surface area contributed by atoms with Crippen molar-refractivity contribution >= 4 is 40.2 Å². The minimum atomic E-state index is 0.403. The van der Waals surface area contributed by atoms with E-state index in [0.29, 0.717) is 16.9 Å². The first-order valence-electron chi connectivity index (χ1n) is 5.60. The molecule has 6 heteroatoms. The maximum absolute atomic E-state index is 6.06. The van der Waals surface area contributed by atoms with Crippen molar-refractivity contribution in [3.8, 4) is 0 Å². The van der Waals surface area contributed by atoms with Crippen LogP contribution in [0.4, 0.5) is 5.69 Å². The summed E-state index contributed by atoms with van der Waals surface area (Å²) in [6.07, 6.45) is 2.86. The van der Waals surface area contributed by atoms with Crippen molar-refractivity contribution in [2.75, 3.05) is 5.32 Å². The van der Waals surface area contributed by atoms with E-state index in [2.05, 4.69) is 22.2 Å². The van der Waals surface area contributed by atoms with Gasteiger partial charge in [0.05, 0.1) is 17.2 Å². The molecular weight excluding hydrogens is 289 g/mol. The molecular formula is C12H13Cl2N3S. The van der Waals surface area contributed by atoms with Gasteiger partial charge in [-0.3, -0.25) is 0 Å². The van der Waals surface area contributed by atoms with E-state index in [1.54, 1.807) is 17.4 Å². The summed E-state index contributed by atoms with van der Waals surface area (Å²) < 4.78 is 0. The molecule has 0 aromatic carbocycles. The molecule has 96 valence electrons. The molecule has 0 aliphatic carbocycles. The molecule has 0 radical (unpaired) electrons. The van der Waals surface area contributed by atoms with Gasteiger partial charge in [-0.25, -0.2) is 9.97 Å². The van der Waals surface area contributed by atoms with Gasteiger partial charge in [0.25, 0.3) is 0 Å². The van der Waals surface area contributed by atoms with Crippen molar-refractivity contribution in [2.45, 2.75) is 26.8 Å². The van der Waals surface area contributed by atoms with Gasteiger partial charge in [-0.15, -0.1) is 11.3 Å². The normalized spacial score (nSPS) is 10.7. The van der Waals surface area contributed by atoms with Crippen LogP contribution in [-0.2, 0) is 13.0 Å². The first-order chi connectivity index (χ1) is 8.60. The topological polar surface area (TPSA) is 37.8 Å². The Morgan fingerprint density at radius 3 is 2.78 bits per heavy atom. The van der Waals surface area contributed by atoms with Gasteiger partial charge in [0.15, 0.2) is 5.15 Å². The number of nitrogens with zero attached hydrogens (tertiary/aromatic N) is 2. The van der Waals surface area contributed by atoms with Crippen molar-refractivity contribution in [1.82, 2.24) is 9.97 Å². The van der Waals surface area contributed by atoms with Gasteiger partial charge in [-0.1, -0.05) is 30.1 Å². The predicted octanol–water partition coefficient (Wildman–Crippen LogP) is 4.33. The lowest BCUT2D eigenvalue weighted by molar-refractivity contribution is 1.08. The lowest BCUT2D eigenvalue weighted by Crippen LogP contribution is -2.01. The summed E-state index contributed by atoms with van der Waals surface area (Å²) >= 11 is 13.6. The third kappa shape index (κ3) is 3.13. The molecule has 2 aromatic heterocycles. The minimum Gasteiger partial charge on any atom is -0.377 e. The van der Waals surface area contributed by atoms with Gasteiger partial charge >= 0.3 is 0 Å². The number of hydrogen-bond donors (Lipinski definition) is 1. The second kappa shape index (κ2) is 5.87. The first-order valence-corrected chi connectivity index (χ1v) is 7.17. The fourth-order valence-electron chi connectivity index (χ4n) is 1.58. The predicted molar refractivity (Wildman–Crippen MR) is 77.8 cm³/mol. The van der Waals surface area contributed by atoms with E-state index in [9.17, 15) is 0 Å². The fraction of sp³-hybridized carbons (Fsp3) is 0.333. The fourth-order valence-corrected chi connectivity index (χ4v) is 2.98. The summed E-state index contributed by atoms with van der Waals surface area (Å²) in [5, 5.41) is 5.24. The van der Waals surface area contributed by atoms with Crippen LogP contribution in [0, 0.1) is 6.92 Å². The molecule has 1 N–H and O–H groups in total. The minimum absolute atomic E-state index is 0.403. The van der Waals surface area contributed by atoms with Crippen LogP contribution in [0.5, 0.6) is 0 Å². The molecule has 0 unspecified atom stereocenters. The summed E-state index contributed by atoms with van der Waals surface area (Å²) in [5.74, 6) is 0. The van der Waals surface area contributed by atoms with Crippen molar-refractivity contribution in [3.05, 3.63) is 38.0 Å². The van der Waals surface area contributed by atoms with Gasteiger partial charge in [-0.05, 0) is 25.0 Å². The molecule has 0 amide bonds. The highest BCUT2D eigenvalue weighted by atomic mass is 35.5. The number of hydrogen-bond acceptors (Lipinski definition) is 4. The number of aromatic nitrogens is 2. The number of halogens is 2. The quantitative estimate of drug-likeness (QED) is 0.854. The molecule has 0 aliphatic heterocycles. The average Bonchev–Trinajstić information content (AvgIpc) is 2.75. The van der Waals surface area contributed by atoms with Gasteiger partial charge in [-0.2, -0.15) is 0 Å². The van der Waals surface area contributed by atoms with Crippen molar-refractivity contribution < 1.29 is 0 Å². The summed E-state index contributed by atoms with van der Waals surface area (Å²) in [6, 6.07) is 1.79. The molecule has 2 rings (SSSR count). The third-order valence-electron chi connectivity index (χ3n) is 2.48. The van der Waals surface area contributed by atoms with Crippen LogP contribution in [0.15, 0.2) is 12.3 Å². The van der Waals surface area contributed by atoms with E-state index in [0.717, 1.165) is 22.7 Å². The molecule has 18 heavy (non-hydrogen) atoms. The Kier molecular flexibility index (Phi) is 4.43. The van der Waals surface area contributed by atoms with Crippen LogP contribution in [0.1, 0.15) is 22.4 Å². The van der Waals surface area contributed by atoms with Crippen molar-refractivity contribution in [1.29, 1.82) is 0 Å². The number of anilines is 1. The monoisotopic (exact) mass is 301 g/mol. The number of pyridine rings is 1. The second-order valence-corrected chi connectivity index (χ2v) is 5.80. The molecule has 0 atom stereocenters. The highest BCUT2D eigenvalue weighted by Crippen LogP contribution is 2.27. The lowest BCUT2D eigenvalue weighted by Gasteiger charge is -2.10. The van der Waals surface area contributed by atoms with Crippen molar-refractivity contribution in [2.24, 2.45) is 0 Å². The van der Waals surface area contributed by atoms with Gasteiger partial charge < -0.3 is 5.32 Å². The Labute approximate surface area is 120 Å². The summed E-state index contributed by atoms with van der Waals surface area (Å²) in [5.41, 5.74) is 1.81. The standard InChI is InChI=1S/C12H13Cl2N3S/c1-3-10-15-5-8(18-10)6-16-11-7(2)4-9(13)17-12(11)14/h4-5,16H,3,6H2,1-2H3. The van der Waals surface area contributed by atoms with E-state index in [1.807, 2.05) is 13.1 Å². The summed E-state index contributed by atoms with van der Waals surface area (Å²) in [4.78, 5) is 9.52. The van der Waals surface area contributed by atoms with E-state index < -0.39 is 0 Å². The molecule has 0 aliphatic rings. The second-order valence-electron chi connectivity index (χ2n) is 3.86. The third-order valence-corrected chi connectivity index (χ3v) is 4.09. The van der Waals surface area contributed by atoms with E-state index in [1.165, 1.54) is 4.88 Å². The Morgan fingerprint density at radius 1 is 1.39 bits per heavy atom. The molecule has 0 spiro atoms. The van der Waals surface area contributed by atoms with Crippen LogP contribution in [0.25, 0.3) is 0 Å². The molecule has 0 bridgehead atoms. The Morgan fingerprint density at radius 2 is 2.17 bits per heavy atom. The number of aryl methyl sites for hydroxylation is 2. The zero-order valence-electron chi connectivity index (χ0n) is 10.1. The maximum atomic E-state index is 6.06. The van der Waals surface area contributed by atoms with Crippen molar-refractivity contribution in [3.63, 3.8) is 0 Å². The molecule has 0 saturated heterocycles. The zero-order chi connectivity index (χ0) is 13.1. The maximum Gasteiger partial charge on any atom is 0.154 e. The molecule has 2 heterocycles. The average molecular weight is 302 g/mol. The number of nitrogens with one attached hydrogen (secondary N) is 1. The smallest absolute Gasteiger partial charge is 0.154 e. The largest absolute Gasteiger partial charge is 0.377 e. The van der Waals surface area contributed by atoms with E-state index in [-0.39, 0.29) is 0 Å². The number of thiazole rings is 1. The van der Waals surface area contributed by atoms with Crippen LogP contribution < -0.4 is 5.32 Å². The van der Waals surface area contributed by atoms with E-state index >= 15 is 0 Å². The molecule has 0 fully saturated rings. The van der Waals surface area contributed by atoms with Gasteiger partial charge in [0.2, 0.25) is 0 Å². The van der Waals surface area contributed by atoms with Gasteiger partial charge in [0, 0.05) is 11.1 Å². The SMILES string of the molecule is CCc1ncc(CNc2c(C)cc(Cl)nc2Cl)s1. The molecule has 0 saturated carbocycles. The van der Waals surface area contributed by atoms with Crippen LogP contribution in [0.3, 0.4) is 0 Å². The zero-order valence-corrected chi connectivity index (χ0v) is 12.5. The molecule has 2 aromatic rings. The Bertz CT molecular complexity index is 531. The first kappa shape index (κ1) is 13.6. The van der Waals surface area contributed by atoms with Crippen LogP contribution >= 0.6 is 34.5 Å². The Balaban J connectivity index is 2.10. The van der Waals surface area contributed by atoms with Crippen LogP contribution in [-0.4, -0.2) is 9.97 Å². The lowest BCUT2D eigenvalue weighted by atomic mass is 10.2. The highest BCUT2D eigenvalue weighted by molar-refractivity contribution is 7.11.